The van der Waals surface area contributed by atoms with Gasteiger partial charge < -0.3 is 10.4 Å². The van der Waals surface area contributed by atoms with Crippen LogP contribution in [0.5, 0.6) is 0 Å². The first kappa shape index (κ1) is 12.0. The molecule has 0 aliphatic carbocycles. The Morgan fingerprint density at radius 3 is 3.12 bits per heavy atom. The Morgan fingerprint density at radius 1 is 1.56 bits per heavy atom. The van der Waals surface area contributed by atoms with E-state index in [4.69, 9.17) is 5.11 Å². The SMILES string of the molecule is OCCN(Cc1ccsc1)CC1CCCN1. The summed E-state index contributed by atoms with van der Waals surface area (Å²) in [5, 5.41) is 16.9. The minimum Gasteiger partial charge on any atom is -0.395 e. The minimum absolute atomic E-state index is 0.247. The monoisotopic (exact) mass is 240 g/mol. The molecule has 2 heterocycles. The molecular weight excluding hydrogens is 220 g/mol. The van der Waals surface area contributed by atoms with Gasteiger partial charge in [0.2, 0.25) is 0 Å². The third-order valence-electron chi connectivity index (χ3n) is 3.04. The molecule has 16 heavy (non-hydrogen) atoms. The summed E-state index contributed by atoms with van der Waals surface area (Å²) in [7, 11) is 0. The molecule has 1 atom stereocenters. The highest BCUT2D eigenvalue weighted by Crippen LogP contribution is 2.12. The highest BCUT2D eigenvalue weighted by atomic mass is 32.1. The molecule has 1 aromatic heterocycles. The molecule has 0 saturated carbocycles. The van der Waals surface area contributed by atoms with Crippen LogP contribution in [0.15, 0.2) is 16.8 Å². The van der Waals surface area contributed by atoms with Gasteiger partial charge in [-0.25, -0.2) is 0 Å². The fourth-order valence-corrected chi connectivity index (χ4v) is 2.90. The smallest absolute Gasteiger partial charge is 0.0558 e. The van der Waals surface area contributed by atoms with Crippen molar-refractivity contribution in [3.8, 4) is 0 Å². The number of aliphatic hydroxyl groups excluding tert-OH is 1. The Hall–Kier alpha value is -0.420. The van der Waals surface area contributed by atoms with E-state index in [0.717, 1.165) is 26.2 Å². The third kappa shape index (κ3) is 3.56. The minimum atomic E-state index is 0.247. The van der Waals surface area contributed by atoms with Crippen LogP contribution in [0.4, 0.5) is 0 Å². The molecule has 1 fully saturated rings. The second-order valence-corrected chi connectivity index (χ2v) is 5.16. The van der Waals surface area contributed by atoms with Crippen LogP contribution in [0.3, 0.4) is 0 Å². The molecule has 3 nitrogen and oxygen atoms in total. The number of nitrogens with one attached hydrogen (secondary N) is 1. The normalized spacial score (nSPS) is 20.8. The molecule has 0 amide bonds. The fraction of sp³-hybridized carbons (Fsp3) is 0.667. The van der Waals surface area contributed by atoms with E-state index in [0.29, 0.717) is 6.04 Å². The molecule has 2 rings (SSSR count). The molecule has 1 unspecified atom stereocenters. The van der Waals surface area contributed by atoms with Crippen LogP contribution in [-0.4, -0.2) is 42.3 Å². The van der Waals surface area contributed by atoms with Crippen LogP contribution >= 0.6 is 11.3 Å². The van der Waals surface area contributed by atoms with Crippen LogP contribution in [0.25, 0.3) is 0 Å². The average molecular weight is 240 g/mol. The zero-order valence-electron chi connectivity index (χ0n) is 9.56. The molecule has 90 valence electrons. The van der Waals surface area contributed by atoms with Gasteiger partial charge in [-0.2, -0.15) is 11.3 Å². The first-order valence-corrected chi connectivity index (χ1v) is 6.90. The van der Waals surface area contributed by atoms with E-state index in [9.17, 15) is 0 Å². The number of hydrogen-bond acceptors (Lipinski definition) is 4. The quantitative estimate of drug-likeness (QED) is 0.786. The molecule has 2 N–H and O–H groups in total. The van der Waals surface area contributed by atoms with Gasteiger partial charge >= 0.3 is 0 Å². The maximum absolute atomic E-state index is 9.08. The summed E-state index contributed by atoms with van der Waals surface area (Å²) in [6, 6.07) is 2.78. The maximum atomic E-state index is 9.08. The van der Waals surface area contributed by atoms with Crippen molar-refractivity contribution in [1.82, 2.24) is 10.2 Å². The average Bonchev–Trinajstić information content (AvgIpc) is 2.91. The third-order valence-corrected chi connectivity index (χ3v) is 3.78. The van der Waals surface area contributed by atoms with Gasteiger partial charge in [0.25, 0.3) is 0 Å². The summed E-state index contributed by atoms with van der Waals surface area (Å²) in [5.41, 5.74) is 1.36. The number of aliphatic hydroxyl groups is 1. The van der Waals surface area contributed by atoms with Crippen molar-refractivity contribution in [1.29, 1.82) is 0 Å². The Balaban J connectivity index is 1.83. The van der Waals surface area contributed by atoms with E-state index in [1.54, 1.807) is 11.3 Å². The number of hydrogen-bond donors (Lipinski definition) is 2. The van der Waals surface area contributed by atoms with Gasteiger partial charge in [-0.15, -0.1) is 0 Å². The topological polar surface area (TPSA) is 35.5 Å². The van der Waals surface area contributed by atoms with Gasteiger partial charge in [0.15, 0.2) is 0 Å². The number of thiophene rings is 1. The maximum Gasteiger partial charge on any atom is 0.0558 e. The van der Waals surface area contributed by atoms with Crippen LogP contribution in [0.2, 0.25) is 0 Å². The first-order chi connectivity index (χ1) is 7.88. The van der Waals surface area contributed by atoms with E-state index in [-0.39, 0.29) is 6.61 Å². The molecule has 1 aromatic rings. The summed E-state index contributed by atoms with van der Waals surface area (Å²) in [6.07, 6.45) is 2.56. The second kappa shape index (κ2) is 6.35. The van der Waals surface area contributed by atoms with Crippen molar-refractivity contribution >= 4 is 11.3 Å². The van der Waals surface area contributed by atoms with Gasteiger partial charge in [0.1, 0.15) is 0 Å². The summed E-state index contributed by atoms with van der Waals surface area (Å²) in [5.74, 6) is 0. The van der Waals surface area contributed by atoms with Gasteiger partial charge in [-0.3, -0.25) is 4.90 Å². The second-order valence-electron chi connectivity index (χ2n) is 4.38. The van der Waals surface area contributed by atoms with Crippen LogP contribution in [-0.2, 0) is 6.54 Å². The van der Waals surface area contributed by atoms with Crippen molar-refractivity contribution in [3.05, 3.63) is 22.4 Å². The van der Waals surface area contributed by atoms with E-state index in [2.05, 4.69) is 27.0 Å². The standard InChI is InChI=1S/C12H20N2OS/c15-6-5-14(8-11-3-7-16-10-11)9-12-2-1-4-13-12/h3,7,10,12-13,15H,1-2,4-6,8-9H2. The van der Waals surface area contributed by atoms with Crippen molar-refractivity contribution in [2.45, 2.75) is 25.4 Å². The Labute approximate surface area is 101 Å². The van der Waals surface area contributed by atoms with Gasteiger partial charge in [-0.05, 0) is 41.8 Å². The summed E-state index contributed by atoms with van der Waals surface area (Å²) in [6.45, 7) is 4.18. The molecule has 1 aliphatic heterocycles. The van der Waals surface area contributed by atoms with E-state index < -0.39 is 0 Å². The van der Waals surface area contributed by atoms with Crippen molar-refractivity contribution in [2.24, 2.45) is 0 Å². The molecule has 0 bridgehead atoms. The van der Waals surface area contributed by atoms with E-state index in [1.165, 1.54) is 18.4 Å². The highest BCUT2D eigenvalue weighted by molar-refractivity contribution is 7.07. The lowest BCUT2D eigenvalue weighted by atomic mass is 10.2. The summed E-state index contributed by atoms with van der Waals surface area (Å²) >= 11 is 1.74. The van der Waals surface area contributed by atoms with E-state index >= 15 is 0 Å². The summed E-state index contributed by atoms with van der Waals surface area (Å²) in [4.78, 5) is 2.34. The van der Waals surface area contributed by atoms with Crippen LogP contribution in [0, 0.1) is 0 Å². The van der Waals surface area contributed by atoms with Crippen molar-refractivity contribution in [3.63, 3.8) is 0 Å². The fourth-order valence-electron chi connectivity index (χ4n) is 2.24. The zero-order chi connectivity index (χ0) is 11.2. The molecule has 0 radical (unpaired) electrons. The predicted octanol–water partition coefficient (Wildman–Crippen LogP) is 1.29. The Kier molecular flexibility index (Phi) is 4.78. The molecular formula is C12H20N2OS. The molecule has 1 saturated heterocycles. The molecule has 0 spiro atoms. The van der Waals surface area contributed by atoms with E-state index in [1.807, 2.05) is 0 Å². The highest BCUT2D eigenvalue weighted by Gasteiger charge is 2.17. The van der Waals surface area contributed by atoms with Gasteiger partial charge in [0.05, 0.1) is 6.61 Å². The lowest BCUT2D eigenvalue weighted by Crippen LogP contribution is -2.38. The van der Waals surface area contributed by atoms with Crippen LogP contribution in [0.1, 0.15) is 18.4 Å². The lowest BCUT2D eigenvalue weighted by Gasteiger charge is -2.24. The molecule has 1 aliphatic rings. The predicted molar refractivity (Wildman–Crippen MR) is 67.7 cm³/mol. The summed E-state index contributed by atoms with van der Waals surface area (Å²) < 4.78 is 0. The molecule has 4 heteroatoms. The first-order valence-electron chi connectivity index (χ1n) is 5.96. The van der Waals surface area contributed by atoms with Gasteiger partial charge in [0, 0.05) is 25.7 Å². The zero-order valence-corrected chi connectivity index (χ0v) is 10.4. The Bertz CT molecular complexity index is 283. The number of rotatable bonds is 6. The van der Waals surface area contributed by atoms with Crippen molar-refractivity contribution < 1.29 is 5.11 Å². The largest absolute Gasteiger partial charge is 0.395 e. The van der Waals surface area contributed by atoms with Crippen molar-refractivity contribution in [2.75, 3.05) is 26.2 Å². The lowest BCUT2D eigenvalue weighted by molar-refractivity contribution is 0.179. The number of nitrogens with zero attached hydrogens (tertiary/aromatic N) is 1. The van der Waals surface area contributed by atoms with Crippen LogP contribution < -0.4 is 5.32 Å². The Morgan fingerprint density at radius 2 is 2.50 bits per heavy atom. The van der Waals surface area contributed by atoms with Gasteiger partial charge in [-0.1, -0.05) is 0 Å². The molecule has 0 aromatic carbocycles.